The van der Waals surface area contributed by atoms with Crippen LogP contribution >= 0.6 is 0 Å². The standard InChI is InChI=1S/C16H21N3O3/c1-4-12(19-22-5-2)15-13(20)6-11(7-14(15)21)16-17-8-10(3)9-18-16/h8-9,11,20H,4-7H2,1-3H3. The maximum atomic E-state index is 12.4. The number of aryl methyl sites for hydroxylation is 1. The van der Waals surface area contributed by atoms with Crippen LogP contribution in [0.2, 0.25) is 0 Å². The lowest BCUT2D eigenvalue weighted by atomic mass is 9.84. The molecule has 118 valence electrons. The van der Waals surface area contributed by atoms with Crippen molar-refractivity contribution in [3.05, 3.63) is 35.1 Å². The summed E-state index contributed by atoms with van der Waals surface area (Å²) >= 11 is 0. The minimum Gasteiger partial charge on any atom is -0.511 e. The Morgan fingerprint density at radius 2 is 2.05 bits per heavy atom. The third-order valence-electron chi connectivity index (χ3n) is 3.53. The zero-order valence-corrected chi connectivity index (χ0v) is 13.2. The summed E-state index contributed by atoms with van der Waals surface area (Å²) in [6.45, 7) is 6.02. The molecule has 0 spiro atoms. The maximum absolute atomic E-state index is 12.4. The molecule has 0 aliphatic heterocycles. The van der Waals surface area contributed by atoms with Gasteiger partial charge in [0.15, 0.2) is 5.78 Å². The van der Waals surface area contributed by atoms with Crippen LogP contribution in [0.25, 0.3) is 0 Å². The van der Waals surface area contributed by atoms with E-state index >= 15 is 0 Å². The number of allylic oxidation sites excluding steroid dienone is 2. The minimum absolute atomic E-state index is 0.0470. The van der Waals surface area contributed by atoms with Crippen LogP contribution in [0.4, 0.5) is 0 Å². The van der Waals surface area contributed by atoms with Crippen LogP contribution in [-0.2, 0) is 9.63 Å². The second-order valence-corrected chi connectivity index (χ2v) is 5.28. The van der Waals surface area contributed by atoms with Gasteiger partial charge >= 0.3 is 0 Å². The Bertz CT molecular complexity index is 606. The van der Waals surface area contributed by atoms with Gasteiger partial charge in [-0.2, -0.15) is 0 Å². The predicted molar refractivity (Wildman–Crippen MR) is 82.8 cm³/mol. The largest absolute Gasteiger partial charge is 0.511 e. The van der Waals surface area contributed by atoms with Gasteiger partial charge in [-0.15, -0.1) is 0 Å². The Hall–Kier alpha value is -2.24. The molecule has 1 aliphatic carbocycles. The molecule has 0 bridgehead atoms. The molecule has 0 radical (unpaired) electrons. The summed E-state index contributed by atoms with van der Waals surface area (Å²) in [5, 5.41) is 14.2. The van der Waals surface area contributed by atoms with Crippen LogP contribution in [0.15, 0.2) is 28.9 Å². The van der Waals surface area contributed by atoms with Crippen LogP contribution < -0.4 is 0 Å². The molecule has 1 aromatic heterocycles. The normalized spacial score (nSPS) is 19.5. The lowest BCUT2D eigenvalue weighted by molar-refractivity contribution is -0.116. The van der Waals surface area contributed by atoms with Gasteiger partial charge in [0.05, 0.1) is 11.3 Å². The maximum Gasteiger partial charge on any atom is 0.168 e. The van der Waals surface area contributed by atoms with Gasteiger partial charge in [-0.3, -0.25) is 4.79 Å². The molecule has 1 atom stereocenters. The lowest BCUT2D eigenvalue weighted by Gasteiger charge is -2.22. The first-order valence-corrected chi connectivity index (χ1v) is 7.49. The van der Waals surface area contributed by atoms with Crippen LogP contribution in [0, 0.1) is 6.92 Å². The smallest absolute Gasteiger partial charge is 0.168 e. The monoisotopic (exact) mass is 303 g/mol. The van der Waals surface area contributed by atoms with Crippen molar-refractivity contribution in [1.29, 1.82) is 0 Å². The quantitative estimate of drug-likeness (QED) is 0.668. The fourth-order valence-corrected chi connectivity index (χ4v) is 2.45. The van der Waals surface area contributed by atoms with Gasteiger partial charge in [0.25, 0.3) is 0 Å². The molecule has 1 N–H and O–H groups in total. The molecule has 22 heavy (non-hydrogen) atoms. The molecule has 1 heterocycles. The zero-order valence-electron chi connectivity index (χ0n) is 13.2. The number of hydrogen-bond acceptors (Lipinski definition) is 6. The summed E-state index contributed by atoms with van der Waals surface area (Å²) in [5.41, 5.74) is 1.75. The van der Waals surface area contributed by atoms with Crippen molar-refractivity contribution in [2.45, 2.75) is 46.0 Å². The highest BCUT2D eigenvalue weighted by molar-refractivity contribution is 6.23. The lowest BCUT2D eigenvalue weighted by Crippen LogP contribution is -2.24. The Morgan fingerprint density at radius 1 is 1.36 bits per heavy atom. The summed E-state index contributed by atoms with van der Waals surface area (Å²) in [6.07, 6.45) is 4.58. The Kier molecular flexibility index (Phi) is 5.25. The highest BCUT2D eigenvalue weighted by Gasteiger charge is 2.32. The predicted octanol–water partition coefficient (Wildman–Crippen LogP) is 2.85. The molecule has 0 saturated heterocycles. The van der Waals surface area contributed by atoms with Crippen molar-refractivity contribution in [1.82, 2.24) is 9.97 Å². The first-order chi connectivity index (χ1) is 10.6. The number of aliphatic hydroxyl groups is 1. The van der Waals surface area contributed by atoms with Gasteiger partial charge in [-0.05, 0) is 25.8 Å². The number of Topliss-reactive ketones (excluding diaryl/α,β-unsaturated/α-hetero) is 1. The van der Waals surface area contributed by atoms with Crippen LogP contribution in [0.3, 0.4) is 0 Å². The fraction of sp³-hybridized carbons (Fsp3) is 0.500. The van der Waals surface area contributed by atoms with Crippen molar-refractivity contribution in [3.63, 3.8) is 0 Å². The minimum atomic E-state index is -0.193. The molecule has 0 saturated carbocycles. The number of rotatable bonds is 5. The van der Waals surface area contributed by atoms with E-state index in [0.717, 1.165) is 5.56 Å². The number of aliphatic hydroxyl groups excluding tert-OH is 1. The molecule has 0 aromatic carbocycles. The van der Waals surface area contributed by atoms with E-state index in [1.165, 1.54) is 0 Å². The molecule has 6 nitrogen and oxygen atoms in total. The summed E-state index contributed by atoms with van der Waals surface area (Å²) in [4.78, 5) is 26.0. The number of aromatic nitrogens is 2. The van der Waals surface area contributed by atoms with E-state index in [4.69, 9.17) is 4.84 Å². The van der Waals surface area contributed by atoms with Crippen LogP contribution in [-0.4, -0.2) is 33.2 Å². The number of oxime groups is 1. The van der Waals surface area contributed by atoms with Gasteiger partial charge in [-0.1, -0.05) is 12.1 Å². The van der Waals surface area contributed by atoms with E-state index in [2.05, 4.69) is 15.1 Å². The average Bonchev–Trinajstić information content (AvgIpc) is 2.50. The van der Waals surface area contributed by atoms with Crippen LogP contribution in [0.5, 0.6) is 0 Å². The highest BCUT2D eigenvalue weighted by Crippen LogP contribution is 2.32. The summed E-state index contributed by atoms with van der Waals surface area (Å²) in [6, 6.07) is 0. The van der Waals surface area contributed by atoms with Gasteiger partial charge in [0.1, 0.15) is 18.2 Å². The molecule has 1 aromatic rings. The van der Waals surface area contributed by atoms with Gasteiger partial charge in [0.2, 0.25) is 0 Å². The number of ketones is 1. The van der Waals surface area contributed by atoms with Crippen molar-refractivity contribution in [3.8, 4) is 0 Å². The summed E-state index contributed by atoms with van der Waals surface area (Å²) in [5.74, 6) is 0.301. The fourth-order valence-electron chi connectivity index (χ4n) is 2.45. The van der Waals surface area contributed by atoms with E-state index < -0.39 is 0 Å². The van der Waals surface area contributed by atoms with E-state index in [1.54, 1.807) is 12.4 Å². The first-order valence-electron chi connectivity index (χ1n) is 7.49. The van der Waals surface area contributed by atoms with E-state index in [0.29, 0.717) is 36.6 Å². The third-order valence-corrected chi connectivity index (χ3v) is 3.53. The molecular weight excluding hydrogens is 282 g/mol. The Morgan fingerprint density at radius 3 is 2.59 bits per heavy atom. The second kappa shape index (κ2) is 7.15. The van der Waals surface area contributed by atoms with Gasteiger partial charge < -0.3 is 9.94 Å². The molecule has 0 amide bonds. The molecule has 6 heteroatoms. The topological polar surface area (TPSA) is 84.7 Å². The third kappa shape index (κ3) is 3.50. The average molecular weight is 303 g/mol. The highest BCUT2D eigenvalue weighted by atomic mass is 16.6. The molecular formula is C16H21N3O3. The number of hydrogen-bond donors (Lipinski definition) is 1. The summed E-state index contributed by atoms with van der Waals surface area (Å²) in [7, 11) is 0. The molecule has 1 unspecified atom stereocenters. The number of carbonyl (C=O) groups is 1. The van der Waals surface area contributed by atoms with E-state index in [9.17, 15) is 9.90 Å². The SMILES string of the molecule is CCON=C(CC)C1=C(O)CC(c2ncc(C)cn2)CC1=O. The zero-order chi connectivity index (χ0) is 16.1. The molecule has 1 aliphatic rings. The molecule has 0 fully saturated rings. The number of carbonyl (C=O) groups excluding carboxylic acids is 1. The van der Waals surface area contributed by atoms with E-state index in [1.807, 2.05) is 20.8 Å². The second-order valence-electron chi connectivity index (χ2n) is 5.28. The van der Waals surface area contributed by atoms with Crippen molar-refractivity contribution >= 4 is 11.5 Å². The Balaban J connectivity index is 2.26. The van der Waals surface area contributed by atoms with Crippen molar-refractivity contribution in [2.24, 2.45) is 5.16 Å². The van der Waals surface area contributed by atoms with Gasteiger partial charge in [-0.25, -0.2) is 9.97 Å². The Labute approximate surface area is 129 Å². The summed E-state index contributed by atoms with van der Waals surface area (Å²) < 4.78 is 0. The number of nitrogens with zero attached hydrogens (tertiary/aromatic N) is 3. The van der Waals surface area contributed by atoms with Crippen molar-refractivity contribution in [2.75, 3.05) is 6.61 Å². The van der Waals surface area contributed by atoms with E-state index in [-0.39, 0.29) is 23.9 Å². The molecule has 2 rings (SSSR count). The first kappa shape index (κ1) is 16.1. The van der Waals surface area contributed by atoms with Crippen molar-refractivity contribution < 1.29 is 14.7 Å². The van der Waals surface area contributed by atoms with Gasteiger partial charge in [0, 0.05) is 31.2 Å². The van der Waals surface area contributed by atoms with Crippen LogP contribution in [0.1, 0.15) is 50.4 Å².